The maximum atomic E-state index is 11.5. The molecule has 1 aliphatic carbocycles. The number of hydrogen-bond acceptors (Lipinski definition) is 6. The maximum Gasteiger partial charge on any atom is 0.223 e. The summed E-state index contributed by atoms with van der Waals surface area (Å²) >= 11 is 7.56. The first-order valence-electron chi connectivity index (χ1n) is 8.65. The molecule has 1 aliphatic rings. The lowest BCUT2D eigenvalue weighted by Gasteiger charge is -2.14. The van der Waals surface area contributed by atoms with Gasteiger partial charge in [0, 0.05) is 24.8 Å². The summed E-state index contributed by atoms with van der Waals surface area (Å²) in [6, 6.07) is 7.37. The number of aromatic nitrogens is 4. The van der Waals surface area contributed by atoms with Crippen LogP contribution in [0.5, 0.6) is 0 Å². The topological polar surface area (TPSA) is 85.8 Å². The number of furan rings is 1. The van der Waals surface area contributed by atoms with E-state index < -0.39 is 0 Å². The van der Waals surface area contributed by atoms with Gasteiger partial charge in [-0.05, 0) is 31.0 Å². The Labute approximate surface area is 169 Å². The second kappa shape index (κ2) is 6.57. The summed E-state index contributed by atoms with van der Waals surface area (Å²) in [4.78, 5) is 21.1. The molecule has 4 aromatic heterocycles. The van der Waals surface area contributed by atoms with Crippen LogP contribution in [0.3, 0.4) is 0 Å². The van der Waals surface area contributed by atoms with Crippen molar-refractivity contribution in [2.75, 3.05) is 5.32 Å². The normalized spacial score (nSPS) is 12.5. The molecule has 0 bridgehead atoms. The summed E-state index contributed by atoms with van der Waals surface area (Å²) in [6.07, 6.45) is 4.84. The molecule has 0 radical (unpaired) electrons. The molecular weight excluding hydrogens is 398 g/mol. The van der Waals surface area contributed by atoms with Crippen LogP contribution in [0.15, 0.2) is 41.1 Å². The molecule has 1 N–H and O–H groups in total. The molecule has 7 nitrogen and oxygen atoms in total. The molecule has 4 aromatic rings. The van der Waals surface area contributed by atoms with Crippen LogP contribution >= 0.6 is 22.9 Å². The maximum absolute atomic E-state index is 11.5. The van der Waals surface area contributed by atoms with Crippen LogP contribution in [0.2, 0.25) is 5.15 Å². The largest absolute Gasteiger partial charge is 0.463 e. The second-order valence-electron chi connectivity index (χ2n) is 6.38. The highest BCUT2D eigenvalue weighted by Gasteiger charge is 2.30. The number of aryl methyl sites for hydroxylation is 1. The third kappa shape index (κ3) is 2.81. The van der Waals surface area contributed by atoms with Crippen molar-refractivity contribution >= 4 is 34.0 Å². The van der Waals surface area contributed by atoms with Crippen molar-refractivity contribution in [2.24, 2.45) is 0 Å². The van der Waals surface area contributed by atoms with Gasteiger partial charge in [0.2, 0.25) is 5.91 Å². The fourth-order valence-electron chi connectivity index (χ4n) is 3.40. The highest BCUT2D eigenvalue weighted by molar-refractivity contribution is 7.19. The van der Waals surface area contributed by atoms with Gasteiger partial charge in [0.15, 0.2) is 10.9 Å². The summed E-state index contributed by atoms with van der Waals surface area (Å²) in [7, 11) is 0. The molecule has 0 fully saturated rings. The predicted molar refractivity (Wildman–Crippen MR) is 107 cm³/mol. The smallest absolute Gasteiger partial charge is 0.223 e. The van der Waals surface area contributed by atoms with E-state index in [4.69, 9.17) is 21.1 Å². The van der Waals surface area contributed by atoms with Crippen LogP contribution in [0.25, 0.3) is 27.7 Å². The molecule has 1 amide bonds. The van der Waals surface area contributed by atoms with Crippen LogP contribution in [0.1, 0.15) is 18.2 Å². The number of carbonyl (C=O) groups excluding carboxylic acids is 1. The lowest BCUT2D eigenvalue weighted by Crippen LogP contribution is -2.07. The Morgan fingerprint density at radius 1 is 1.36 bits per heavy atom. The quantitative estimate of drug-likeness (QED) is 0.506. The van der Waals surface area contributed by atoms with E-state index in [0.717, 1.165) is 46.1 Å². The molecule has 0 unspecified atom stereocenters. The lowest BCUT2D eigenvalue weighted by atomic mass is 9.97. The van der Waals surface area contributed by atoms with Crippen LogP contribution in [0.4, 0.5) is 5.13 Å². The monoisotopic (exact) mass is 411 g/mol. The summed E-state index contributed by atoms with van der Waals surface area (Å²) in [6.45, 7) is 1.48. The van der Waals surface area contributed by atoms with E-state index >= 15 is 0 Å². The first-order chi connectivity index (χ1) is 13.6. The first-order valence-corrected chi connectivity index (χ1v) is 9.85. The summed E-state index contributed by atoms with van der Waals surface area (Å²) < 4.78 is 7.48. The minimum atomic E-state index is -0.142. The van der Waals surface area contributed by atoms with Crippen molar-refractivity contribution in [3.8, 4) is 27.7 Å². The van der Waals surface area contributed by atoms with Crippen molar-refractivity contribution in [1.29, 1.82) is 0 Å². The van der Waals surface area contributed by atoms with E-state index in [0.29, 0.717) is 16.0 Å². The van der Waals surface area contributed by atoms with E-state index in [-0.39, 0.29) is 5.91 Å². The number of hydrogen-bond donors (Lipinski definition) is 1. The molecule has 140 valence electrons. The van der Waals surface area contributed by atoms with E-state index in [1.807, 2.05) is 22.9 Å². The molecule has 0 spiro atoms. The fourth-order valence-corrected chi connectivity index (χ4v) is 4.68. The number of halogens is 1. The third-order valence-corrected chi connectivity index (χ3v) is 5.73. The number of nitrogens with zero attached hydrogens (tertiary/aromatic N) is 4. The van der Waals surface area contributed by atoms with Gasteiger partial charge in [-0.15, -0.1) is 0 Å². The summed E-state index contributed by atoms with van der Waals surface area (Å²) in [5.41, 5.74) is 4.59. The number of thiazole rings is 1. The number of carbonyl (C=O) groups is 1. The zero-order valence-corrected chi connectivity index (χ0v) is 16.3. The second-order valence-corrected chi connectivity index (χ2v) is 7.76. The predicted octanol–water partition coefficient (Wildman–Crippen LogP) is 4.36. The Hall–Kier alpha value is -2.97. The van der Waals surface area contributed by atoms with Gasteiger partial charge in [0.05, 0.1) is 28.2 Å². The number of nitrogens with one attached hydrogen (secondary N) is 1. The van der Waals surface area contributed by atoms with E-state index in [9.17, 15) is 4.79 Å². The Bertz CT molecular complexity index is 1200. The molecule has 0 saturated carbocycles. The van der Waals surface area contributed by atoms with Crippen molar-refractivity contribution in [3.63, 3.8) is 0 Å². The van der Waals surface area contributed by atoms with Gasteiger partial charge >= 0.3 is 0 Å². The Morgan fingerprint density at radius 2 is 2.25 bits per heavy atom. The van der Waals surface area contributed by atoms with Crippen molar-refractivity contribution in [1.82, 2.24) is 19.7 Å². The van der Waals surface area contributed by atoms with Crippen LogP contribution in [0, 0.1) is 0 Å². The molecule has 9 heteroatoms. The summed E-state index contributed by atoms with van der Waals surface area (Å²) in [5.74, 6) is 0.572. The van der Waals surface area contributed by atoms with Crippen molar-refractivity contribution < 1.29 is 9.21 Å². The van der Waals surface area contributed by atoms with Crippen LogP contribution in [-0.4, -0.2) is 25.7 Å². The van der Waals surface area contributed by atoms with Gasteiger partial charge < -0.3 is 9.73 Å². The van der Waals surface area contributed by atoms with Gasteiger partial charge in [0.25, 0.3) is 0 Å². The Morgan fingerprint density at radius 3 is 3.00 bits per heavy atom. The van der Waals surface area contributed by atoms with E-state index in [2.05, 4.69) is 15.3 Å². The zero-order chi connectivity index (χ0) is 19.3. The molecule has 28 heavy (non-hydrogen) atoms. The van der Waals surface area contributed by atoms with Gasteiger partial charge in [-0.2, -0.15) is 5.10 Å². The fraction of sp³-hybridized carbons (Fsp3) is 0.158. The van der Waals surface area contributed by atoms with Crippen molar-refractivity contribution in [2.45, 2.75) is 19.8 Å². The molecule has 4 heterocycles. The molecule has 5 rings (SSSR count). The Balaban J connectivity index is 1.75. The van der Waals surface area contributed by atoms with Gasteiger partial charge in [-0.3, -0.25) is 4.79 Å². The summed E-state index contributed by atoms with van der Waals surface area (Å²) in [5, 5.41) is 8.61. The van der Waals surface area contributed by atoms with E-state index in [1.54, 1.807) is 18.5 Å². The van der Waals surface area contributed by atoms with Gasteiger partial charge in [-0.25, -0.2) is 14.6 Å². The molecule has 0 aliphatic heterocycles. The molecule has 0 saturated heterocycles. The highest BCUT2D eigenvalue weighted by atomic mass is 35.5. The molecule has 0 aromatic carbocycles. The average molecular weight is 412 g/mol. The molecule has 0 atom stereocenters. The van der Waals surface area contributed by atoms with Crippen molar-refractivity contribution in [3.05, 3.63) is 53.1 Å². The van der Waals surface area contributed by atoms with Gasteiger partial charge in [-0.1, -0.05) is 22.9 Å². The number of anilines is 1. The minimum Gasteiger partial charge on any atom is -0.463 e. The number of amides is 1. The first kappa shape index (κ1) is 17.2. The van der Waals surface area contributed by atoms with E-state index in [1.165, 1.54) is 18.3 Å². The average Bonchev–Trinajstić information content (AvgIpc) is 3.38. The lowest BCUT2D eigenvalue weighted by molar-refractivity contribution is -0.114. The third-order valence-electron chi connectivity index (χ3n) is 4.50. The van der Waals surface area contributed by atoms with Gasteiger partial charge in [0.1, 0.15) is 10.8 Å². The molecular formula is C19H14ClN5O2S. The van der Waals surface area contributed by atoms with Crippen LogP contribution in [-0.2, 0) is 17.6 Å². The van der Waals surface area contributed by atoms with Crippen LogP contribution < -0.4 is 5.32 Å². The minimum absolute atomic E-state index is 0.142. The SMILES string of the molecule is CC(=O)Nc1nc2c(s1)-c1c(c(-c3ccco3)nn1-c1ccnc(Cl)c1)CC2. The number of rotatable bonds is 3. The number of fused-ring (bicyclic) bond motifs is 3. The highest BCUT2D eigenvalue weighted by Crippen LogP contribution is 2.44. The number of pyridine rings is 1. The standard InChI is InChI=1S/C19H14ClN5O2S/c1-10(26)22-19-23-13-5-4-12-16(14-3-2-8-27-14)24-25(17(12)18(13)28-19)11-6-7-21-15(20)9-11/h2-3,6-9H,4-5H2,1H3,(H,22,23,26). The Kier molecular flexibility index (Phi) is 4.03. The zero-order valence-electron chi connectivity index (χ0n) is 14.8.